The number of fused-ring (bicyclic) bond motifs is 3. The van der Waals surface area contributed by atoms with Crippen LogP contribution < -0.4 is 10.6 Å². The second kappa shape index (κ2) is 10.4. The van der Waals surface area contributed by atoms with Gasteiger partial charge in [-0.05, 0) is 46.9 Å². The van der Waals surface area contributed by atoms with Crippen LogP contribution in [0, 0.1) is 0 Å². The fourth-order valence-electron chi connectivity index (χ4n) is 4.05. The van der Waals surface area contributed by atoms with Gasteiger partial charge in [-0.2, -0.15) is 0 Å². The molecule has 7 nitrogen and oxygen atoms in total. The van der Waals surface area contributed by atoms with Gasteiger partial charge in [-0.25, -0.2) is 4.79 Å². The molecule has 0 radical (unpaired) electrons. The fraction of sp³-hybridized carbons (Fsp3) is 0.192. The topological polar surface area (TPSA) is 105 Å². The number of hydrogen-bond acceptors (Lipinski definition) is 4. The van der Waals surface area contributed by atoms with Gasteiger partial charge in [0.05, 0.1) is 10.7 Å². The maximum absolute atomic E-state index is 12.6. The number of carboxylic acids is 1. The van der Waals surface area contributed by atoms with Crippen LogP contribution in [0.15, 0.2) is 66.7 Å². The smallest absolute Gasteiger partial charge is 0.411 e. The number of nitrogens with one attached hydrogen (secondary N) is 2. The molecule has 174 valence electrons. The summed E-state index contributed by atoms with van der Waals surface area (Å²) >= 11 is 6.20. The minimum Gasteiger partial charge on any atom is -0.481 e. The molecule has 0 saturated heterocycles. The Bertz CT molecular complexity index is 1200. The minimum atomic E-state index is -0.921. The summed E-state index contributed by atoms with van der Waals surface area (Å²) in [4.78, 5) is 35.5. The van der Waals surface area contributed by atoms with E-state index in [1.807, 2.05) is 36.4 Å². The second-order valence-electron chi connectivity index (χ2n) is 7.90. The summed E-state index contributed by atoms with van der Waals surface area (Å²) in [6, 6.07) is 20.6. The third kappa shape index (κ3) is 5.21. The second-order valence-corrected chi connectivity index (χ2v) is 8.31. The van der Waals surface area contributed by atoms with Gasteiger partial charge in [0.1, 0.15) is 6.61 Å². The number of carbonyl (C=O) groups is 3. The van der Waals surface area contributed by atoms with Crippen molar-refractivity contribution in [2.24, 2.45) is 0 Å². The van der Waals surface area contributed by atoms with Crippen LogP contribution in [0.5, 0.6) is 0 Å². The molecular weight excluding hydrogens is 456 g/mol. The zero-order valence-electron chi connectivity index (χ0n) is 18.2. The largest absolute Gasteiger partial charge is 0.481 e. The number of halogens is 1. The van der Waals surface area contributed by atoms with Crippen LogP contribution in [0.4, 0.5) is 10.5 Å². The van der Waals surface area contributed by atoms with E-state index in [1.54, 1.807) is 0 Å². The number of anilines is 1. The monoisotopic (exact) mass is 478 g/mol. The fourth-order valence-corrected chi connectivity index (χ4v) is 4.22. The molecule has 0 spiro atoms. The number of carboxylic acid groups (broad SMARTS) is 1. The Kier molecular flexibility index (Phi) is 7.13. The first-order chi connectivity index (χ1) is 16.4. The maximum atomic E-state index is 12.6. The highest BCUT2D eigenvalue weighted by molar-refractivity contribution is 6.33. The van der Waals surface area contributed by atoms with E-state index in [1.165, 1.54) is 18.2 Å². The Hall–Kier alpha value is -3.84. The van der Waals surface area contributed by atoms with Crippen LogP contribution in [-0.4, -0.2) is 36.2 Å². The lowest BCUT2D eigenvalue weighted by molar-refractivity contribution is -0.137. The zero-order chi connectivity index (χ0) is 24.1. The van der Waals surface area contributed by atoms with E-state index in [0.717, 1.165) is 22.3 Å². The normalized spacial score (nSPS) is 11.9. The van der Waals surface area contributed by atoms with Crippen molar-refractivity contribution in [1.29, 1.82) is 0 Å². The molecule has 0 unspecified atom stereocenters. The van der Waals surface area contributed by atoms with Crippen LogP contribution in [-0.2, 0) is 9.53 Å². The van der Waals surface area contributed by atoms with Crippen molar-refractivity contribution in [3.05, 3.63) is 88.4 Å². The number of carbonyl (C=O) groups excluding carboxylic acids is 2. The van der Waals surface area contributed by atoms with Crippen molar-refractivity contribution < 1.29 is 24.2 Å². The molecule has 0 atom stereocenters. The number of aliphatic carboxylic acids is 1. The van der Waals surface area contributed by atoms with Gasteiger partial charge in [0.2, 0.25) is 0 Å². The van der Waals surface area contributed by atoms with Crippen LogP contribution in [0.2, 0.25) is 5.02 Å². The molecule has 0 heterocycles. The molecular formula is C26H23ClN2O5. The Labute approximate surface area is 201 Å². The molecule has 8 heteroatoms. The molecule has 34 heavy (non-hydrogen) atoms. The summed E-state index contributed by atoms with van der Waals surface area (Å²) in [6.07, 6.45) is -0.391. The summed E-state index contributed by atoms with van der Waals surface area (Å²) in [5.41, 5.74) is 5.02. The van der Waals surface area contributed by atoms with Gasteiger partial charge in [0, 0.05) is 24.4 Å². The molecule has 3 aromatic rings. The molecule has 1 aliphatic rings. The number of ether oxygens (including phenoxy) is 1. The number of amides is 2. The van der Waals surface area contributed by atoms with Crippen molar-refractivity contribution in [3.63, 3.8) is 0 Å². The minimum absolute atomic E-state index is 0.0323. The van der Waals surface area contributed by atoms with E-state index in [4.69, 9.17) is 21.4 Å². The predicted molar refractivity (Wildman–Crippen MR) is 129 cm³/mol. The van der Waals surface area contributed by atoms with Gasteiger partial charge in [-0.1, -0.05) is 60.1 Å². The zero-order valence-corrected chi connectivity index (χ0v) is 19.0. The van der Waals surface area contributed by atoms with Crippen molar-refractivity contribution in [2.45, 2.75) is 18.8 Å². The standard InChI is InChI=1S/C26H23ClN2O5/c27-22-12-11-16(25(32)28-13-5-10-24(30)31)14-23(22)29-26(33)34-15-21-19-8-3-1-6-17(19)18-7-2-4-9-20(18)21/h1-4,6-9,11-12,14,21H,5,10,13,15H2,(H,28,32)(H,29,33)(H,30,31). The van der Waals surface area contributed by atoms with Crippen LogP contribution in [0.25, 0.3) is 11.1 Å². The van der Waals surface area contributed by atoms with Crippen LogP contribution in [0.1, 0.15) is 40.2 Å². The third-order valence-electron chi connectivity index (χ3n) is 5.66. The molecule has 1 aliphatic carbocycles. The molecule has 4 rings (SSSR count). The van der Waals surface area contributed by atoms with Crippen LogP contribution in [0.3, 0.4) is 0 Å². The number of hydrogen-bond donors (Lipinski definition) is 3. The quantitative estimate of drug-likeness (QED) is 0.381. The van der Waals surface area contributed by atoms with E-state index in [-0.39, 0.29) is 41.8 Å². The van der Waals surface area contributed by atoms with Gasteiger partial charge in [-0.3, -0.25) is 14.9 Å². The van der Waals surface area contributed by atoms with Crippen molar-refractivity contribution in [3.8, 4) is 11.1 Å². The third-order valence-corrected chi connectivity index (χ3v) is 5.99. The first-order valence-corrected chi connectivity index (χ1v) is 11.2. The number of rotatable bonds is 8. The lowest BCUT2D eigenvalue weighted by Crippen LogP contribution is -2.25. The molecule has 0 fully saturated rings. The number of benzene rings is 3. The lowest BCUT2D eigenvalue weighted by Gasteiger charge is -2.15. The molecule has 0 bridgehead atoms. The molecule has 0 aliphatic heterocycles. The van der Waals surface area contributed by atoms with E-state index in [0.29, 0.717) is 6.42 Å². The van der Waals surface area contributed by atoms with Crippen LogP contribution >= 0.6 is 11.6 Å². The van der Waals surface area contributed by atoms with Crippen molar-refractivity contribution in [1.82, 2.24) is 5.32 Å². The van der Waals surface area contributed by atoms with Gasteiger partial charge in [0.15, 0.2) is 0 Å². The van der Waals surface area contributed by atoms with E-state index >= 15 is 0 Å². The van der Waals surface area contributed by atoms with Gasteiger partial charge < -0.3 is 15.2 Å². The van der Waals surface area contributed by atoms with E-state index < -0.39 is 18.0 Å². The van der Waals surface area contributed by atoms with Crippen molar-refractivity contribution in [2.75, 3.05) is 18.5 Å². The molecule has 2 amide bonds. The van der Waals surface area contributed by atoms with Gasteiger partial charge >= 0.3 is 12.1 Å². The Morgan fingerprint density at radius 2 is 1.59 bits per heavy atom. The average Bonchev–Trinajstić information content (AvgIpc) is 3.15. The van der Waals surface area contributed by atoms with Gasteiger partial charge in [-0.15, -0.1) is 0 Å². The summed E-state index contributed by atoms with van der Waals surface area (Å²) in [5, 5.41) is 14.2. The average molecular weight is 479 g/mol. The van der Waals surface area contributed by atoms with Gasteiger partial charge in [0.25, 0.3) is 5.91 Å². The lowest BCUT2D eigenvalue weighted by atomic mass is 9.98. The molecule has 3 aromatic carbocycles. The highest BCUT2D eigenvalue weighted by Gasteiger charge is 2.29. The molecule has 0 saturated carbocycles. The molecule has 0 aromatic heterocycles. The highest BCUT2D eigenvalue weighted by atomic mass is 35.5. The Balaban J connectivity index is 1.39. The molecule has 3 N–H and O–H groups in total. The van der Waals surface area contributed by atoms with E-state index in [9.17, 15) is 14.4 Å². The highest BCUT2D eigenvalue weighted by Crippen LogP contribution is 2.44. The summed E-state index contributed by atoms with van der Waals surface area (Å²) in [5.74, 6) is -1.38. The first kappa shape index (κ1) is 23.3. The SMILES string of the molecule is O=C(O)CCCNC(=O)c1ccc(Cl)c(NC(=O)OCC2c3ccccc3-c3ccccc32)c1. The Morgan fingerprint density at radius 1 is 0.941 bits per heavy atom. The summed E-state index contributed by atoms with van der Waals surface area (Å²) < 4.78 is 5.54. The first-order valence-electron chi connectivity index (χ1n) is 10.9. The predicted octanol–water partition coefficient (Wildman–Crippen LogP) is 5.30. The van der Waals surface area contributed by atoms with E-state index in [2.05, 4.69) is 22.8 Å². The maximum Gasteiger partial charge on any atom is 0.411 e. The summed E-state index contributed by atoms with van der Waals surface area (Å²) in [7, 11) is 0. The Morgan fingerprint density at radius 3 is 2.24 bits per heavy atom. The van der Waals surface area contributed by atoms with Crippen molar-refractivity contribution >= 4 is 35.3 Å². The summed E-state index contributed by atoms with van der Waals surface area (Å²) in [6.45, 7) is 0.379.